The van der Waals surface area contributed by atoms with E-state index in [-0.39, 0.29) is 32.1 Å². The lowest BCUT2D eigenvalue weighted by atomic mass is 10.1. The van der Waals surface area contributed by atoms with E-state index in [1.807, 2.05) is 6.08 Å². The highest BCUT2D eigenvalue weighted by molar-refractivity contribution is 7.47. The fourth-order valence-corrected chi connectivity index (χ4v) is 6.34. The molecule has 0 saturated heterocycles. The summed E-state index contributed by atoms with van der Waals surface area (Å²) in [5.74, 6) is -0.584. The molecular weight excluding hydrogens is 725 g/mol. The molecule has 0 fully saturated rings. The van der Waals surface area contributed by atoms with Crippen LogP contribution in [-0.4, -0.2) is 54.3 Å². The second-order valence-electron chi connectivity index (χ2n) is 14.3. The number of esters is 1. The minimum absolute atomic E-state index is 0.0695. The molecule has 0 aliphatic rings. The summed E-state index contributed by atoms with van der Waals surface area (Å²) in [7, 11) is -4.43. The third-order valence-electron chi connectivity index (χ3n) is 8.87. The van der Waals surface area contributed by atoms with Gasteiger partial charge in [0.2, 0.25) is 5.91 Å². The van der Waals surface area contributed by atoms with Crippen LogP contribution in [0.25, 0.3) is 0 Å². The summed E-state index contributed by atoms with van der Waals surface area (Å²) in [6.45, 7) is 3.36. The zero-order chi connectivity index (χ0) is 41.1. The average Bonchev–Trinajstić information content (AvgIpc) is 3.18. The molecule has 1 amide bonds. The van der Waals surface area contributed by atoms with Gasteiger partial charge in [-0.2, -0.15) is 0 Å². The Balaban J connectivity index is 3.68. The van der Waals surface area contributed by atoms with Crippen molar-refractivity contribution in [2.24, 2.45) is 0 Å². The lowest BCUT2D eigenvalue weighted by Gasteiger charge is -2.15. The van der Waals surface area contributed by atoms with Gasteiger partial charge in [-0.25, -0.2) is 4.57 Å². The van der Waals surface area contributed by atoms with Crippen LogP contribution in [0.5, 0.6) is 0 Å². The minimum atomic E-state index is -4.43. The first-order valence-corrected chi connectivity index (χ1v) is 23.4. The molecule has 3 N–H and O–H groups in total. The molecular formula is C46H80NO8P. The quantitative estimate of drug-likeness (QED) is 0.0241. The molecule has 0 aromatic heterocycles. The van der Waals surface area contributed by atoms with Crippen LogP contribution in [0, 0.1) is 0 Å². The maximum atomic E-state index is 12.1. The third kappa shape index (κ3) is 42.6. The molecule has 0 bridgehead atoms. The number of aliphatic hydroxyl groups is 1. The Morgan fingerprint density at radius 3 is 1.59 bits per heavy atom. The number of amides is 1. The number of unbranched alkanes of at least 4 members (excludes halogenated alkanes) is 15. The maximum Gasteiger partial charge on any atom is 0.472 e. The Labute approximate surface area is 341 Å². The van der Waals surface area contributed by atoms with Gasteiger partial charge in [-0.1, -0.05) is 157 Å². The van der Waals surface area contributed by atoms with Gasteiger partial charge in [0.25, 0.3) is 0 Å². The number of nitrogens with one attached hydrogen (secondary N) is 1. The largest absolute Gasteiger partial charge is 0.472 e. The maximum absolute atomic E-state index is 12.1. The first kappa shape index (κ1) is 53.5. The molecule has 10 heteroatoms. The first-order valence-electron chi connectivity index (χ1n) is 21.9. The van der Waals surface area contributed by atoms with E-state index in [0.717, 1.165) is 57.8 Å². The lowest BCUT2D eigenvalue weighted by Crippen LogP contribution is -2.27. The van der Waals surface area contributed by atoms with Gasteiger partial charge in [0.1, 0.15) is 12.7 Å². The molecule has 0 spiro atoms. The van der Waals surface area contributed by atoms with E-state index in [2.05, 4.69) is 86.0 Å². The van der Waals surface area contributed by atoms with Crippen LogP contribution in [0.2, 0.25) is 0 Å². The Bertz CT molecular complexity index is 1150. The van der Waals surface area contributed by atoms with Crippen LogP contribution in [0.15, 0.2) is 72.9 Å². The number of phosphoric acid groups is 1. The third-order valence-corrected chi connectivity index (χ3v) is 9.85. The zero-order valence-electron chi connectivity index (χ0n) is 35.3. The Kier molecular flexibility index (Phi) is 40.2. The van der Waals surface area contributed by atoms with Crippen molar-refractivity contribution in [1.82, 2.24) is 5.32 Å². The Morgan fingerprint density at radius 2 is 1.04 bits per heavy atom. The zero-order valence-corrected chi connectivity index (χ0v) is 36.2. The standard InChI is InChI=1S/C46H80NO8P/c1-3-5-7-9-11-13-15-17-19-21-23-24-26-28-30-32-34-36-38-45(49)47-40-41-54-56(51,52)55-43-44(48)42-53-46(50)39-37-35-33-31-29-27-25-22-20-18-16-14-12-10-8-6-4-2/h6,8,12,14,18-21,25,27,31,33,44,48H,3-5,7,9-11,13,15-17,22-24,26,28-30,32,34-43H2,1-2H3,(H,47,49)(H,51,52)/b8-6-,14-12-,20-18-,21-19-,27-25-,33-31-. The van der Waals surface area contributed by atoms with Crippen LogP contribution >= 0.6 is 7.82 Å². The highest BCUT2D eigenvalue weighted by Gasteiger charge is 2.23. The molecule has 0 radical (unpaired) electrons. The first-order chi connectivity index (χ1) is 27.3. The lowest BCUT2D eigenvalue weighted by molar-refractivity contribution is -0.147. The summed E-state index contributed by atoms with van der Waals surface area (Å²) < 4.78 is 26.8. The minimum Gasteiger partial charge on any atom is -0.463 e. The van der Waals surface area contributed by atoms with Crippen molar-refractivity contribution in [3.8, 4) is 0 Å². The predicted molar refractivity (Wildman–Crippen MR) is 233 cm³/mol. The molecule has 9 nitrogen and oxygen atoms in total. The molecule has 2 atom stereocenters. The van der Waals surface area contributed by atoms with E-state index in [9.17, 15) is 24.2 Å². The smallest absolute Gasteiger partial charge is 0.463 e. The number of hydrogen-bond acceptors (Lipinski definition) is 7. The molecule has 0 aliphatic carbocycles. The normalized spacial score (nSPS) is 14.0. The molecule has 322 valence electrons. The second-order valence-corrected chi connectivity index (χ2v) is 15.7. The van der Waals surface area contributed by atoms with Crippen LogP contribution in [0.3, 0.4) is 0 Å². The molecule has 0 rings (SSSR count). The highest BCUT2D eigenvalue weighted by atomic mass is 31.2. The van der Waals surface area contributed by atoms with Crippen LogP contribution in [-0.2, 0) is 27.9 Å². The SMILES string of the molecule is CC/C=C\C/C=C\C/C=C\C/C=C\C/C=C\CCCC(=O)OCC(O)COP(=O)(O)OCCNC(=O)CCCCCCCCC/C=C\CCCCCCCCC. The van der Waals surface area contributed by atoms with Crippen molar-refractivity contribution >= 4 is 19.7 Å². The molecule has 2 unspecified atom stereocenters. The van der Waals surface area contributed by atoms with Crippen molar-refractivity contribution in [2.75, 3.05) is 26.4 Å². The van der Waals surface area contributed by atoms with E-state index in [4.69, 9.17) is 13.8 Å². The summed E-state index contributed by atoms with van der Waals surface area (Å²) in [5.41, 5.74) is 0. The van der Waals surface area contributed by atoms with Crippen LogP contribution < -0.4 is 5.32 Å². The van der Waals surface area contributed by atoms with Gasteiger partial charge in [0.15, 0.2) is 0 Å². The molecule has 0 aromatic rings. The Hall–Kier alpha value is -2.55. The van der Waals surface area contributed by atoms with Gasteiger partial charge in [0.05, 0.1) is 13.2 Å². The Morgan fingerprint density at radius 1 is 0.571 bits per heavy atom. The summed E-state index contributed by atoms with van der Waals surface area (Å²) in [5, 5.41) is 12.7. The number of ether oxygens (including phenoxy) is 1. The fraction of sp³-hybridized carbons (Fsp3) is 0.696. The highest BCUT2D eigenvalue weighted by Crippen LogP contribution is 2.42. The van der Waals surface area contributed by atoms with Crippen molar-refractivity contribution in [1.29, 1.82) is 0 Å². The summed E-state index contributed by atoms with van der Waals surface area (Å²) in [6.07, 6.45) is 51.2. The van der Waals surface area contributed by atoms with E-state index in [1.165, 1.54) is 83.5 Å². The van der Waals surface area contributed by atoms with E-state index in [1.54, 1.807) is 0 Å². The number of carbonyl (C=O) groups is 2. The molecule has 0 saturated carbocycles. The number of aliphatic hydroxyl groups excluding tert-OH is 1. The van der Waals surface area contributed by atoms with Gasteiger partial charge in [-0.3, -0.25) is 18.6 Å². The van der Waals surface area contributed by atoms with Crippen molar-refractivity contribution in [3.63, 3.8) is 0 Å². The molecule has 0 aromatic carbocycles. The van der Waals surface area contributed by atoms with Gasteiger partial charge in [0, 0.05) is 19.4 Å². The summed E-state index contributed by atoms with van der Waals surface area (Å²) in [6, 6.07) is 0. The van der Waals surface area contributed by atoms with E-state index < -0.39 is 26.5 Å². The molecule has 0 aliphatic heterocycles. The van der Waals surface area contributed by atoms with Crippen molar-refractivity contribution < 1.29 is 37.9 Å². The van der Waals surface area contributed by atoms with Crippen LogP contribution in [0.1, 0.15) is 174 Å². The van der Waals surface area contributed by atoms with Crippen molar-refractivity contribution in [2.45, 2.75) is 180 Å². The molecule has 56 heavy (non-hydrogen) atoms. The topological polar surface area (TPSA) is 131 Å². The summed E-state index contributed by atoms with van der Waals surface area (Å²) in [4.78, 5) is 33.9. The van der Waals surface area contributed by atoms with Gasteiger partial charge < -0.3 is 20.1 Å². The monoisotopic (exact) mass is 806 g/mol. The summed E-state index contributed by atoms with van der Waals surface area (Å²) >= 11 is 0. The van der Waals surface area contributed by atoms with Gasteiger partial charge >= 0.3 is 13.8 Å². The fourth-order valence-electron chi connectivity index (χ4n) is 5.59. The number of hydrogen-bond donors (Lipinski definition) is 3. The average molecular weight is 806 g/mol. The number of rotatable bonds is 40. The van der Waals surface area contributed by atoms with Crippen LogP contribution in [0.4, 0.5) is 0 Å². The van der Waals surface area contributed by atoms with E-state index in [0.29, 0.717) is 12.8 Å². The number of carbonyl (C=O) groups excluding carboxylic acids is 2. The van der Waals surface area contributed by atoms with Crippen molar-refractivity contribution in [3.05, 3.63) is 72.9 Å². The number of phosphoric ester groups is 1. The molecule has 0 heterocycles. The van der Waals surface area contributed by atoms with Gasteiger partial charge in [-0.05, 0) is 77.0 Å². The van der Waals surface area contributed by atoms with Gasteiger partial charge in [-0.15, -0.1) is 0 Å². The second kappa shape index (κ2) is 42.1. The number of allylic oxidation sites excluding steroid dienone is 12. The predicted octanol–water partition coefficient (Wildman–Crippen LogP) is 12.3. The van der Waals surface area contributed by atoms with E-state index >= 15 is 0 Å².